The van der Waals surface area contributed by atoms with E-state index in [1.807, 2.05) is 19.9 Å². The number of Topliss-reactive ketones (excluding diaryl/α,β-unsaturated/α-hetero) is 1. The van der Waals surface area contributed by atoms with Gasteiger partial charge in [-0.1, -0.05) is 11.8 Å². The van der Waals surface area contributed by atoms with Crippen molar-refractivity contribution in [3.63, 3.8) is 0 Å². The van der Waals surface area contributed by atoms with Crippen LogP contribution < -0.4 is 0 Å². The number of aromatic nitrogens is 3. The topological polar surface area (TPSA) is 70.2 Å². The molecule has 0 spiro atoms. The van der Waals surface area contributed by atoms with Gasteiger partial charge in [0.1, 0.15) is 5.82 Å². The first-order chi connectivity index (χ1) is 13.4. The van der Waals surface area contributed by atoms with Crippen LogP contribution in [0.4, 0.5) is 4.39 Å². The van der Waals surface area contributed by atoms with Crippen molar-refractivity contribution in [2.24, 2.45) is 0 Å². The summed E-state index contributed by atoms with van der Waals surface area (Å²) in [5, 5.41) is 8.21. The van der Waals surface area contributed by atoms with Crippen LogP contribution in [0.2, 0.25) is 0 Å². The van der Waals surface area contributed by atoms with Gasteiger partial charge in [0.2, 0.25) is 5.89 Å². The van der Waals surface area contributed by atoms with Crippen LogP contribution in [0.25, 0.3) is 11.5 Å². The first-order valence-corrected chi connectivity index (χ1v) is 9.82. The monoisotopic (exact) mass is 403 g/mol. The van der Waals surface area contributed by atoms with Crippen LogP contribution in [-0.4, -0.2) is 40.0 Å². The van der Waals surface area contributed by atoms with E-state index in [0.717, 1.165) is 11.4 Å². The Bertz CT molecular complexity index is 966. The van der Waals surface area contributed by atoms with Crippen LogP contribution in [0.3, 0.4) is 0 Å². The summed E-state index contributed by atoms with van der Waals surface area (Å²) in [4.78, 5) is 12.7. The zero-order valence-electron chi connectivity index (χ0n) is 16.2. The Morgan fingerprint density at radius 3 is 2.68 bits per heavy atom. The molecule has 1 aromatic carbocycles. The minimum atomic E-state index is -0.333. The van der Waals surface area contributed by atoms with Crippen LogP contribution in [0.5, 0.6) is 0 Å². The molecule has 0 amide bonds. The number of hydrogen-bond donors (Lipinski definition) is 0. The van der Waals surface area contributed by atoms with Gasteiger partial charge >= 0.3 is 0 Å². The highest BCUT2D eigenvalue weighted by Gasteiger charge is 2.20. The van der Waals surface area contributed by atoms with Gasteiger partial charge in [-0.15, -0.1) is 10.2 Å². The molecule has 0 saturated heterocycles. The van der Waals surface area contributed by atoms with E-state index in [1.54, 1.807) is 19.2 Å². The second-order valence-corrected chi connectivity index (χ2v) is 7.48. The third kappa shape index (κ3) is 4.34. The maximum Gasteiger partial charge on any atom is 0.277 e. The second-order valence-electron chi connectivity index (χ2n) is 6.55. The lowest BCUT2D eigenvalue weighted by molar-refractivity contribution is 0.102. The van der Waals surface area contributed by atoms with Crippen molar-refractivity contribution in [1.82, 2.24) is 14.8 Å². The molecule has 28 heavy (non-hydrogen) atoms. The molecule has 2 aromatic heterocycles. The molecule has 1 atom stereocenters. The normalized spacial score (nSPS) is 12.3. The maximum absolute atomic E-state index is 13.0. The molecular weight excluding hydrogens is 381 g/mol. The fraction of sp³-hybridized carbons (Fsp3) is 0.350. The minimum Gasteiger partial charge on any atom is -0.411 e. The standard InChI is InChI=1S/C20H22FN3O3S/c1-12-9-17(14(3)24(12)13(2)10-26-4)18(25)11-28-20-23-22-19(27-20)15-5-7-16(21)8-6-15/h5-9,13H,10-11H2,1-4H3/t13-/m1/s1. The molecule has 0 saturated carbocycles. The highest BCUT2D eigenvalue weighted by molar-refractivity contribution is 7.99. The fourth-order valence-electron chi connectivity index (χ4n) is 3.24. The van der Waals surface area contributed by atoms with Crippen molar-refractivity contribution in [2.45, 2.75) is 32.0 Å². The van der Waals surface area contributed by atoms with Gasteiger partial charge in [0.25, 0.3) is 5.22 Å². The number of benzene rings is 1. The lowest BCUT2D eigenvalue weighted by Crippen LogP contribution is -2.14. The third-order valence-corrected chi connectivity index (χ3v) is 5.28. The molecule has 3 rings (SSSR count). The lowest BCUT2D eigenvalue weighted by Gasteiger charge is -2.17. The summed E-state index contributed by atoms with van der Waals surface area (Å²) >= 11 is 1.19. The van der Waals surface area contributed by atoms with Gasteiger partial charge in [-0.25, -0.2) is 4.39 Å². The smallest absolute Gasteiger partial charge is 0.277 e. The van der Waals surface area contributed by atoms with Gasteiger partial charge in [0, 0.05) is 29.6 Å². The SMILES string of the molecule is COC[C@@H](C)n1c(C)cc(C(=O)CSc2nnc(-c3ccc(F)cc3)o2)c1C. The molecule has 2 heterocycles. The van der Waals surface area contributed by atoms with Crippen molar-refractivity contribution < 1.29 is 18.3 Å². The van der Waals surface area contributed by atoms with E-state index < -0.39 is 0 Å². The Morgan fingerprint density at radius 1 is 1.29 bits per heavy atom. The van der Waals surface area contributed by atoms with Crippen LogP contribution in [0.15, 0.2) is 40.0 Å². The average molecular weight is 403 g/mol. The molecule has 148 valence electrons. The van der Waals surface area contributed by atoms with E-state index in [9.17, 15) is 9.18 Å². The molecule has 6 nitrogen and oxygen atoms in total. The number of aryl methyl sites for hydroxylation is 1. The molecule has 0 aliphatic carbocycles. The van der Waals surface area contributed by atoms with E-state index in [4.69, 9.17) is 9.15 Å². The van der Waals surface area contributed by atoms with E-state index in [0.29, 0.717) is 28.8 Å². The largest absolute Gasteiger partial charge is 0.411 e. The summed E-state index contributed by atoms with van der Waals surface area (Å²) in [6.07, 6.45) is 0. The molecule has 3 aromatic rings. The summed E-state index contributed by atoms with van der Waals surface area (Å²) in [7, 11) is 1.66. The zero-order chi connectivity index (χ0) is 20.3. The number of thioether (sulfide) groups is 1. The van der Waals surface area contributed by atoms with Crippen LogP contribution >= 0.6 is 11.8 Å². The van der Waals surface area contributed by atoms with Crippen molar-refractivity contribution in [2.75, 3.05) is 19.5 Å². The first-order valence-electron chi connectivity index (χ1n) is 8.83. The number of rotatable bonds is 8. The second kappa shape index (κ2) is 8.70. The average Bonchev–Trinajstić information content (AvgIpc) is 3.25. The van der Waals surface area contributed by atoms with Crippen LogP contribution in [0, 0.1) is 19.7 Å². The first kappa shape index (κ1) is 20.3. The van der Waals surface area contributed by atoms with E-state index in [2.05, 4.69) is 21.7 Å². The molecular formula is C20H22FN3O3S. The van der Waals surface area contributed by atoms with E-state index in [-0.39, 0.29) is 23.4 Å². The summed E-state index contributed by atoms with van der Waals surface area (Å²) < 4.78 is 25.9. The number of methoxy groups -OCH3 is 1. The van der Waals surface area contributed by atoms with Gasteiger partial charge < -0.3 is 13.7 Å². The molecule has 0 bridgehead atoms. The molecule has 8 heteroatoms. The summed E-state index contributed by atoms with van der Waals surface area (Å²) in [5.41, 5.74) is 3.26. The van der Waals surface area contributed by atoms with Gasteiger partial charge in [-0.3, -0.25) is 4.79 Å². The number of ketones is 1. The number of carbonyl (C=O) groups is 1. The predicted molar refractivity (Wildman–Crippen MR) is 105 cm³/mol. The summed E-state index contributed by atoms with van der Waals surface area (Å²) in [6, 6.07) is 7.85. The van der Waals surface area contributed by atoms with Crippen molar-refractivity contribution >= 4 is 17.5 Å². The number of hydrogen-bond acceptors (Lipinski definition) is 6. The van der Waals surface area contributed by atoms with E-state index >= 15 is 0 Å². The Kier molecular flexibility index (Phi) is 6.31. The Hall–Kier alpha value is -2.45. The van der Waals surface area contributed by atoms with Gasteiger partial charge in [-0.05, 0) is 51.1 Å². The Labute approximate surface area is 167 Å². The van der Waals surface area contributed by atoms with Gasteiger partial charge in [0.05, 0.1) is 18.4 Å². The predicted octanol–water partition coefficient (Wildman–Crippen LogP) is 4.48. The molecule has 0 N–H and O–H groups in total. The summed E-state index contributed by atoms with van der Waals surface area (Å²) in [6.45, 7) is 6.56. The molecule has 0 radical (unpaired) electrons. The maximum atomic E-state index is 13.0. The van der Waals surface area contributed by atoms with E-state index in [1.165, 1.54) is 23.9 Å². The number of carbonyl (C=O) groups excluding carboxylic acids is 1. The molecule has 0 aliphatic heterocycles. The zero-order valence-corrected chi connectivity index (χ0v) is 17.0. The van der Waals surface area contributed by atoms with Crippen molar-refractivity contribution in [1.29, 1.82) is 0 Å². The van der Waals surface area contributed by atoms with Gasteiger partial charge in [-0.2, -0.15) is 0 Å². The molecule has 0 fully saturated rings. The highest BCUT2D eigenvalue weighted by atomic mass is 32.2. The Morgan fingerprint density at radius 2 is 2.00 bits per heavy atom. The highest BCUT2D eigenvalue weighted by Crippen LogP contribution is 2.26. The minimum absolute atomic E-state index is 0.00417. The Balaban J connectivity index is 1.68. The summed E-state index contributed by atoms with van der Waals surface area (Å²) in [5.74, 6) is 0.145. The number of halogens is 1. The number of nitrogens with zero attached hydrogens (tertiary/aromatic N) is 3. The van der Waals surface area contributed by atoms with Gasteiger partial charge in [0.15, 0.2) is 5.78 Å². The van der Waals surface area contributed by atoms with Crippen LogP contribution in [0.1, 0.15) is 34.7 Å². The van der Waals surface area contributed by atoms with Crippen molar-refractivity contribution in [3.05, 3.63) is 53.1 Å². The molecule has 0 unspecified atom stereocenters. The lowest BCUT2D eigenvalue weighted by atomic mass is 10.2. The molecule has 0 aliphatic rings. The van der Waals surface area contributed by atoms with Crippen LogP contribution in [-0.2, 0) is 4.74 Å². The number of ether oxygens (including phenoxy) is 1. The van der Waals surface area contributed by atoms with Crippen molar-refractivity contribution in [3.8, 4) is 11.5 Å². The fourth-order valence-corrected chi connectivity index (χ4v) is 3.88. The quantitative estimate of drug-likeness (QED) is 0.408. The third-order valence-electron chi connectivity index (χ3n) is 4.46.